The Hall–Kier alpha value is -1.30. The van der Waals surface area contributed by atoms with Gasteiger partial charge < -0.3 is 20.6 Å². The van der Waals surface area contributed by atoms with Crippen molar-refractivity contribution in [3.05, 3.63) is 0 Å². The summed E-state index contributed by atoms with van der Waals surface area (Å²) < 4.78 is 0. The summed E-state index contributed by atoms with van der Waals surface area (Å²) in [6, 6.07) is -0.902. The minimum Gasteiger partial charge on any atom is -0.480 e. The monoisotopic (exact) mass is 243 g/mol. The van der Waals surface area contributed by atoms with Gasteiger partial charge in [0.1, 0.15) is 6.04 Å². The van der Waals surface area contributed by atoms with Crippen molar-refractivity contribution in [1.29, 1.82) is 0 Å². The van der Waals surface area contributed by atoms with E-state index in [-0.39, 0.29) is 12.1 Å². The third kappa shape index (κ3) is 3.89. The van der Waals surface area contributed by atoms with E-state index in [1.54, 1.807) is 18.9 Å². The Labute approximate surface area is 101 Å². The number of carbonyl (C=O) groups excluding carboxylic acids is 1. The molecule has 1 aliphatic heterocycles. The van der Waals surface area contributed by atoms with Gasteiger partial charge in [-0.05, 0) is 32.4 Å². The second-order valence-corrected chi connectivity index (χ2v) is 4.34. The summed E-state index contributed by atoms with van der Waals surface area (Å²) in [5, 5.41) is 14.6. The Balaban J connectivity index is 2.47. The largest absolute Gasteiger partial charge is 0.480 e. The Kier molecular flexibility index (Phi) is 5.21. The maximum absolute atomic E-state index is 11.8. The fourth-order valence-corrected chi connectivity index (χ4v) is 1.95. The lowest BCUT2D eigenvalue weighted by Crippen LogP contribution is -2.51. The standard InChI is InChI=1S/C11H21N3O3/c1-3-9(10(15)16)13-11(17)14(2)8-4-6-12-7-5-8/h8-9,12H,3-7H2,1-2H3,(H,13,17)(H,15,16)/t9-/m0/s1. The van der Waals surface area contributed by atoms with Crippen molar-refractivity contribution in [2.45, 2.75) is 38.3 Å². The molecule has 1 aliphatic rings. The molecule has 1 fully saturated rings. The topological polar surface area (TPSA) is 81.7 Å². The van der Waals surface area contributed by atoms with E-state index in [1.807, 2.05) is 0 Å². The molecule has 0 bridgehead atoms. The quantitative estimate of drug-likeness (QED) is 0.661. The Morgan fingerprint density at radius 2 is 2.06 bits per heavy atom. The lowest BCUT2D eigenvalue weighted by atomic mass is 10.1. The van der Waals surface area contributed by atoms with E-state index in [2.05, 4.69) is 10.6 Å². The molecule has 0 aromatic heterocycles. The van der Waals surface area contributed by atoms with Gasteiger partial charge in [-0.15, -0.1) is 0 Å². The number of piperidine rings is 1. The molecule has 1 saturated heterocycles. The van der Waals surface area contributed by atoms with Crippen LogP contribution in [0.2, 0.25) is 0 Å². The molecule has 0 unspecified atom stereocenters. The predicted octanol–water partition coefficient (Wildman–Crippen LogP) is 0.243. The average Bonchev–Trinajstić information content (AvgIpc) is 2.35. The van der Waals surface area contributed by atoms with Gasteiger partial charge in [0.05, 0.1) is 0 Å². The molecule has 17 heavy (non-hydrogen) atoms. The van der Waals surface area contributed by atoms with Crippen LogP contribution >= 0.6 is 0 Å². The molecule has 0 aromatic carbocycles. The van der Waals surface area contributed by atoms with Gasteiger partial charge in [-0.2, -0.15) is 0 Å². The third-order valence-electron chi connectivity index (χ3n) is 3.18. The summed E-state index contributed by atoms with van der Waals surface area (Å²) in [7, 11) is 1.72. The number of carbonyl (C=O) groups is 2. The molecule has 1 heterocycles. The maximum Gasteiger partial charge on any atom is 0.326 e. The number of nitrogens with zero attached hydrogens (tertiary/aromatic N) is 1. The van der Waals surface area contributed by atoms with Crippen molar-refractivity contribution < 1.29 is 14.7 Å². The number of hydrogen-bond donors (Lipinski definition) is 3. The van der Waals surface area contributed by atoms with Crippen LogP contribution in [-0.2, 0) is 4.79 Å². The minimum atomic E-state index is -0.987. The van der Waals surface area contributed by atoms with Crippen molar-refractivity contribution in [1.82, 2.24) is 15.5 Å². The molecule has 6 heteroatoms. The Bertz CT molecular complexity index is 277. The molecular formula is C11H21N3O3. The smallest absolute Gasteiger partial charge is 0.326 e. The van der Waals surface area contributed by atoms with Crippen LogP contribution in [0, 0.1) is 0 Å². The van der Waals surface area contributed by atoms with E-state index < -0.39 is 12.0 Å². The third-order valence-corrected chi connectivity index (χ3v) is 3.18. The van der Waals surface area contributed by atoms with Crippen molar-refractivity contribution >= 4 is 12.0 Å². The molecule has 0 radical (unpaired) electrons. The van der Waals surface area contributed by atoms with E-state index >= 15 is 0 Å². The lowest BCUT2D eigenvalue weighted by Gasteiger charge is -2.32. The van der Waals surface area contributed by atoms with Gasteiger partial charge in [-0.1, -0.05) is 6.92 Å². The van der Waals surface area contributed by atoms with Gasteiger partial charge in [-0.25, -0.2) is 9.59 Å². The highest BCUT2D eigenvalue weighted by Gasteiger charge is 2.25. The zero-order chi connectivity index (χ0) is 12.8. The highest BCUT2D eigenvalue weighted by Crippen LogP contribution is 2.10. The number of hydrogen-bond acceptors (Lipinski definition) is 3. The van der Waals surface area contributed by atoms with Crippen LogP contribution < -0.4 is 10.6 Å². The van der Waals surface area contributed by atoms with Gasteiger partial charge in [-0.3, -0.25) is 0 Å². The molecule has 1 rings (SSSR count). The summed E-state index contributed by atoms with van der Waals surface area (Å²) in [4.78, 5) is 24.3. The van der Waals surface area contributed by atoms with Gasteiger partial charge in [0, 0.05) is 13.1 Å². The Morgan fingerprint density at radius 3 is 2.53 bits per heavy atom. The van der Waals surface area contributed by atoms with E-state index in [0.717, 1.165) is 25.9 Å². The average molecular weight is 243 g/mol. The molecule has 1 atom stereocenters. The number of carboxylic acids is 1. The highest BCUT2D eigenvalue weighted by molar-refractivity contribution is 5.82. The van der Waals surface area contributed by atoms with Crippen LogP contribution in [0.1, 0.15) is 26.2 Å². The van der Waals surface area contributed by atoms with Crippen LogP contribution in [0.4, 0.5) is 4.79 Å². The summed E-state index contributed by atoms with van der Waals surface area (Å²) >= 11 is 0. The number of aliphatic carboxylic acids is 1. The van der Waals surface area contributed by atoms with Gasteiger partial charge in [0.15, 0.2) is 0 Å². The summed E-state index contributed by atoms with van der Waals surface area (Å²) in [6.07, 6.45) is 2.21. The van der Waals surface area contributed by atoms with Crippen molar-refractivity contribution in [2.75, 3.05) is 20.1 Å². The fourth-order valence-electron chi connectivity index (χ4n) is 1.95. The molecule has 98 valence electrons. The molecule has 0 saturated carbocycles. The number of nitrogens with one attached hydrogen (secondary N) is 2. The van der Waals surface area contributed by atoms with Gasteiger partial charge in [0.2, 0.25) is 0 Å². The van der Waals surface area contributed by atoms with Crippen LogP contribution in [0.15, 0.2) is 0 Å². The number of rotatable bonds is 4. The lowest BCUT2D eigenvalue weighted by molar-refractivity contribution is -0.139. The maximum atomic E-state index is 11.8. The molecule has 0 aromatic rings. The summed E-state index contributed by atoms with van der Waals surface area (Å²) in [5.41, 5.74) is 0. The highest BCUT2D eigenvalue weighted by atomic mass is 16.4. The molecular weight excluding hydrogens is 222 g/mol. The van der Waals surface area contributed by atoms with Crippen molar-refractivity contribution in [2.24, 2.45) is 0 Å². The van der Waals surface area contributed by atoms with Crippen LogP contribution in [0.3, 0.4) is 0 Å². The van der Waals surface area contributed by atoms with E-state index in [4.69, 9.17) is 5.11 Å². The second kappa shape index (κ2) is 6.44. The molecule has 6 nitrogen and oxygen atoms in total. The number of urea groups is 1. The first-order valence-corrected chi connectivity index (χ1v) is 6.03. The second-order valence-electron chi connectivity index (χ2n) is 4.34. The van der Waals surface area contributed by atoms with E-state index in [1.165, 1.54) is 0 Å². The summed E-state index contributed by atoms with van der Waals surface area (Å²) in [5.74, 6) is -0.987. The van der Waals surface area contributed by atoms with Crippen LogP contribution in [0.5, 0.6) is 0 Å². The first kappa shape index (κ1) is 13.8. The normalized spacial score (nSPS) is 18.5. The SMILES string of the molecule is CC[C@H](NC(=O)N(C)C1CCNCC1)C(=O)O. The summed E-state index contributed by atoms with van der Waals surface area (Å²) in [6.45, 7) is 3.54. The zero-order valence-corrected chi connectivity index (χ0v) is 10.4. The number of carboxylic acid groups (broad SMARTS) is 1. The molecule has 3 N–H and O–H groups in total. The first-order chi connectivity index (χ1) is 8.06. The predicted molar refractivity (Wildman–Crippen MR) is 63.9 cm³/mol. The van der Waals surface area contributed by atoms with Gasteiger partial charge in [0.25, 0.3) is 0 Å². The molecule has 0 aliphatic carbocycles. The molecule has 0 spiro atoms. The van der Waals surface area contributed by atoms with Gasteiger partial charge >= 0.3 is 12.0 Å². The van der Waals surface area contributed by atoms with E-state index in [9.17, 15) is 9.59 Å². The Morgan fingerprint density at radius 1 is 1.47 bits per heavy atom. The zero-order valence-electron chi connectivity index (χ0n) is 10.4. The minimum absolute atomic E-state index is 0.197. The van der Waals surface area contributed by atoms with Crippen LogP contribution in [-0.4, -0.2) is 54.2 Å². The number of amides is 2. The van der Waals surface area contributed by atoms with Crippen molar-refractivity contribution in [3.63, 3.8) is 0 Å². The van der Waals surface area contributed by atoms with E-state index in [0.29, 0.717) is 6.42 Å². The van der Waals surface area contributed by atoms with Crippen LogP contribution in [0.25, 0.3) is 0 Å². The first-order valence-electron chi connectivity index (χ1n) is 6.03. The fraction of sp³-hybridized carbons (Fsp3) is 0.818. The molecule has 2 amide bonds. The van der Waals surface area contributed by atoms with Crippen molar-refractivity contribution in [3.8, 4) is 0 Å².